The maximum Gasteiger partial charge on any atom is 0.196 e. The highest BCUT2D eigenvalue weighted by atomic mass is 16.6. The van der Waals surface area contributed by atoms with Crippen molar-refractivity contribution in [1.82, 2.24) is 9.80 Å². The van der Waals surface area contributed by atoms with E-state index in [1.165, 1.54) is 11.1 Å². The highest BCUT2D eigenvalue weighted by molar-refractivity contribution is 6.32. The lowest BCUT2D eigenvalue weighted by molar-refractivity contribution is 0.0277. The molecule has 6 heteroatoms. The number of aryl methyl sites for hydroxylation is 1. The third-order valence-electron chi connectivity index (χ3n) is 7.77. The van der Waals surface area contributed by atoms with Gasteiger partial charge in [0, 0.05) is 43.9 Å². The molecule has 2 aliphatic heterocycles. The zero-order valence-electron chi connectivity index (χ0n) is 20.5. The van der Waals surface area contributed by atoms with Gasteiger partial charge in [0.05, 0.1) is 0 Å². The number of nitrogens with zero attached hydrogens (tertiary/aromatic N) is 2. The number of ether oxygens (including phenoxy) is 2. The summed E-state index contributed by atoms with van der Waals surface area (Å²) in [5, 5.41) is 0. The standard InChI is InChI=1S/C30H30N2O4/c1-2-21-7-3-4-8-22(21)20-31-13-15-32(16-14-31)30(23-11-12-26-27(19-23)36-18-17-35-26)28(33)24-9-5-6-10-25(24)29(30)34/h3-12,19H,2,13-18,20H2,1H3. The molecule has 6 nitrogen and oxygen atoms in total. The lowest BCUT2D eigenvalue weighted by Crippen LogP contribution is -2.60. The van der Waals surface area contributed by atoms with Crippen LogP contribution in [-0.2, 0) is 18.5 Å². The molecular formula is C30H30N2O4. The summed E-state index contributed by atoms with van der Waals surface area (Å²) in [6, 6.07) is 21.3. The Hall–Kier alpha value is -3.48. The van der Waals surface area contributed by atoms with Crippen molar-refractivity contribution in [3.05, 3.63) is 94.5 Å². The summed E-state index contributed by atoms with van der Waals surface area (Å²) in [5.74, 6) is 0.938. The third kappa shape index (κ3) is 3.55. The third-order valence-corrected chi connectivity index (χ3v) is 7.77. The molecule has 36 heavy (non-hydrogen) atoms. The van der Waals surface area contributed by atoms with Gasteiger partial charge in [-0.05, 0) is 35.2 Å². The first-order chi connectivity index (χ1) is 17.6. The molecule has 3 aromatic carbocycles. The van der Waals surface area contributed by atoms with Crippen LogP contribution in [0.4, 0.5) is 0 Å². The number of carbonyl (C=O) groups is 2. The first kappa shape index (κ1) is 23.0. The summed E-state index contributed by atoms with van der Waals surface area (Å²) in [5.41, 5.74) is 2.98. The van der Waals surface area contributed by atoms with Crippen LogP contribution < -0.4 is 9.47 Å². The van der Waals surface area contributed by atoms with E-state index in [1.54, 1.807) is 12.1 Å². The van der Waals surface area contributed by atoms with E-state index in [0.717, 1.165) is 26.1 Å². The number of piperazine rings is 1. The van der Waals surface area contributed by atoms with E-state index in [4.69, 9.17) is 9.47 Å². The number of ketones is 2. The number of hydrogen-bond acceptors (Lipinski definition) is 6. The Morgan fingerprint density at radius 3 is 2.03 bits per heavy atom. The Morgan fingerprint density at radius 2 is 1.36 bits per heavy atom. The number of fused-ring (bicyclic) bond motifs is 2. The van der Waals surface area contributed by atoms with Crippen LogP contribution in [0.2, 0.25) is 0 Å². The SMILES string of the molecule is CCc1ccccc1CN1CCN(C2(c3ccc4c(c3)OCCO4)C(=O)c3ccccc3C2=O)CC1. The molecule has 0 aromatic heterocycles. The smallest absolute Gasteiger partial charge is 0.196 e. The van der Waals surface area contributed by atoms with Crippen LogP contribution in [0.15, 0.2) is 66.7 Å². The molecule has 184 valence electrons. The number of Topliss-reactive ketones (excluding diaryl/α,β-unsaturated/α-hetero) is 2. The van der Waals surface area contributed by atoms with Crippen molar-refractivity contribution in [2.45, 2.75) is 25.4 Å². The van der Waals surface area contributed by atoms with Crippen LogP contribution in [0.1, 0.15) is 44.3 Å². The van der Waals surface area contributed by atoms with Crippen molar-refractivity contribution < 1.29 is 19.1 Å². The summed E-state index contributed by atoms with van der Waals surface area (Å²) in [6.07, 6.45) is 1.00. The zero-order valence-corrected chi connectivity index (χ0v) is 20.5. The molecule has 6 rings (SSSR count). The summed E-state index contributed by atoms with van der Waals surface area (Å²) in [4.78, 5) is 32.7. The Kier molecular flexibility index (Phi) is 5.86. The van der Waals surface area contributed by atoms with E-state index in [0.29, 0.717) is 54.5 Å². The highest BCUT2D eigenvalue weighted by Crippen LogP contribution is 2.45. The van der Waals surface area contributed by atoms with Crippen molar-refractivity contribution >= 4 is 11.6 Å². The minimum atomic E-state index is -1.38. The van der Waals surface area contributed by atoms with E-state index >= 15 is 0 Å². The average Bonchev–Trinajstić information content (AvgIpc) is 3.16. The number of carbonyl (C=O) groups excluding carboxylic acids is 2. The van der Waals surface area contributed by atoms with Gasteiger partial charge in [-0.3, -0.25) is 19.4 Å². The second-order valence-corrected chi connectivity index (χ2v) is 9.66. The maximum atomic E-state index is 14.1. The molecule has 0 radical (unpaired) electrons. The number of benzene rings is 3. The predicted octanol–water partition coefficient (Wildman–Crippen LogP) is 4.11. The minimum Gasteiger partial charge on any atom is -0.486 e. The molecule has 1 fully saturated rings. The first-order valence-electron chi connectivity index (χ1n) is 12.8. The van der Waals surface area contributed by atoms with Crippen molar-refractivity contribution in [1.29, 1.82) is 0 Å². The van der Waals surface area contributed by atoms with Crippen molar-refractivity contribution in [2.24, 2.45) is 0 Å². The Morgan fingerprint density at radius 1 is 0.750 bits per heavy atom. The van der Waals surface area contributed by atoms with Crippen molar-refractivity contribution in [3.63, 3.8) is 0 Å². The summed E-state index contributed by atoms with van der Waals surface area (Å²) in [7, 11) is 0. The molecule has 3 aliphatic rings. The Labute approximate surface area is 211 Å². The molecule has 1 saturated heterocycles. The largest absolute Gasteiger partial charge is 0.486 e. The first-order valence-corrected chi connectivity index (χ1v) is 12.8. The number of hydrogen-bond donors (Lipinski definition) is 0. The van der Waals surface area contributed by atoms with Gasteiger partial charge in [-0.2, -0.15) is 0 Å². The van der Waals surface area contributed by atoms with Crippen molar-refractivity contribution in [2.75, 3.05) is 39.4 Å². The molecule has 0 unspecified atom stereocenters. The van der Waals surface area contributed by atoms with Crippen LogP contribution in [0.25, 0.3) is 0 Å². The van der Waals surface area contributed by atoms with Crippen LogP contribution in [0, 0.1) is 0 Å². The average molecular weight is 483 g/mol. The monoisotopic (exact) mass is 482 g/mol. The zero-order chi connectivity index (χ0) is 24.7. The molecule has 3 aromatic rings. The Bertz CT molecular complexity index is 1290. The van der Waals surface area contributed by atoms with Gasteiger partial charge in [-0.1, -0.05) is 61.5 Å². The van der Waals surface area contributed by atoms with E-state index in [-0.39, 0.29) is 11.6 Å². The van der Waals surface area contributed by atoms with Crippen molar-refractivity contribution in [3.8, 4) is 11.5 Å². The van der Waals surface area contributed by atoms with Crippen LogP contribution in [-0.4, -0.2) is 60.8 Å². The summed E-state index contributed by atoms with van der Waals surface area (Å²) in [6.45, 7) is 6.79. The lowest BCUT2D eigenvalue weighted by Gasteiger charge is -2.44. The van der Waals surface area contributed by atoms with E-state index in [2.05, 4.69) is 41.0 Å². The van der Waals surface area contributed by atoms with E-state index in [9.17, 15) is 9.59 Å². The summed E-state index contributed by atoms with van der Waals surface area (Å²) >= 11 is 0. The topological polar surface area (TPSA) is 59.1 Å². The van der Waals surface area contributed by atoms with Gasteiger partial charge >= 0.3 is 0 Å². The van der Waals surface area contributed by atoms with Gasteiger partial charge in [0.25, 0.3) is 0 Å². The fraction of sp³-hybridized carbons (Fsp3) is 0.333. The van der Waals surface area contributed by atoms with Gasteiger partial charge in [0.1, 0.15) is 13.2 Å². The molecule has 1 aliphatic carbocycles. The molecule has 0 amide bonds. The fourth-order valence-electron chi connectivity index (χ4n) is 5.91. The van der Waals surface area contributed by atoms with E-state index in [1.807, 2.05) is 30.3 Å². The molecule has 0 N–H and O–H groups in total. The highest BCUT2D eigenvalue weighted by Gasteiger charge is 2.58. The molecule has 0 bridgehead atoms. The quantitative estimate of drug-likeness (QED) is 0.510. The van der Waals surface area contributed by atoms with Gasteiger partial charge in [-0.15, -0.1) is 0 Å². The molecular weight excluding hydrogens is 452 g/mol. The molecule has 0 atom stereocenters. The maximum absolute atomic E-state index is 14.1. The predicted molar refractivity (Wildman–Crippen MR) is 137 cm³/mol. The molecule has 0 saturated carbocycles. The van der Waals surface area contributed by atoms with Crippen LogP contribution >= 0.6 is 0 Å². The number of rotatable bonds is 5. The fourth-order valence-corrected chi connectivity index (χ4v) is 5.91. The normalized spacial score (nSPS) is 19.4. The summed E-state index contributed by atoms with van der Waals surface area (Å²) < 4.78 is 11.5. The Balaban J connectivity index is 1.34. The van der Waals surface area contributed by atoms with Gasteiger partial charge in [-0.25, -0.2) is 0 Å². The van der Waals surface area contributed by atoms with Crippen LogP contribution in [0.3, 0.4) is 0 Å². The van der Waals surface area contributed by atoms with Gasteiger partial charge < -0.3 is 9.47 Å². The lowest BCUT2D eigenvalue weighted by atomic mass is 9.82. The second kappa shape index (κ2) is 9.19. The van der Waals surface area contributed by atoms with E-state index < -0.39 is 5.54 Å². The molecule has 2 heterocycles. The van der Waals surface area contributed by atoms with Gasteiger partial charge in [0.15, 0.2) is 28.6 Å². The minimum absolute atomic E-state index is 0.149. The molecule has 0 spiro atoms. The van der Waals surface area contributed by atoms with Gasteiger partial charge in [0.2, 0.25) is 0 Å². The second-order valence-electron chi connectivity index (χ2n) is 9.66. The van der Waals surface area contributed by atoms with Crippen LogP contribution in [0.5, 0.6) is 11.5 Å².